The second-order valence-electron chi connectivity index (χ2n) is 9.96. The number of hydrogen-bond acceptors (Lipinski definition) is 7. The highest BCUT2D eigenvalue weighted by atomic mass is 16.5. The first-order valence-corrected chi connectivity index (χ1v) is 12.0. The minimum atomic E-state index is -0.633. The molecule has 32 heavy (non-hydrogen) atoms. The Morgan fingerprint density at radius 2 is 1.78 bits per heavy atom. The van der Waals surface area contributed by atoms with Gasteiger partial charge >= 0.3 is 0 Å². The summed E-state index contributed by atoms with van der Waals surface area (Å²) in [5.74, 6) is 1.42. The predicted molar refractivity (Wildman–Crippen MR) is 127 cm³/mol. The zero-order valence-electron chi connectivity index (χ0n) is 19.1. The Morgan fingerprint density at radius 1 is 1.06 bits per heavy atom. The van der Waals surface area contributed by atoms with Crippen molar-refractivity contribution in [3.63, 3.8) is 0 Å². The monoisotopic (exact) mass is 437 g/mol. The molecule has 0 bridgehead atoms. The van der Waals surface area contributed by atoms with Gasteiger partial charge in [-0.05, 0) is 49.8 Å². The highest BCUT2D eigenvalue weighted by molar-refractivity contribution is 5.83. The molecule has 0 aliphatic heterocycles. The number of hydrogen-bond donors (Lipinski definition) is 3. The largest absolute Gasteiger partial charge is 0.471 e. The minimum Gasteiger partial charge on any atom is -0.471 e. The van der Waals surface area contributed by atoms with Gasteiger partial charge in [0.2, 0.25) is 0 Å². The molecule has 5 rings (SSSR count). The number of anilines is 2. The number of aliphatic hydroxyl groups is 1. The van der Waals surface area contributed by atoms with Crippen molar-refractivity contribution < 1.29 is 9.84 Å². The highest BCUT2D eigenvalue weighted by Crippen LogP contribution is 2.55. The van der Waals surface area contributed by atoms with E-state index in [1.165, 1.54) is 24.8 Å². The summed E-state index contributed by atoms with van der Waals surface area (Å²) in [5.41, 5.74) is 17.9. The van der Waals surface area contributed by atoms with Crippen LogP contribution in [0.3, 0.4) is 0 Å². The topological polar surface area (TPSA) is 111 Å². The Balaban J connectivity index is 1.68. The molecule has 7 heteroatoms. The smallest absolute Gasteiger partial charge is 0.158 e. The molecule has 3 aliphatic rings. The number of nitrogens with two attached hydrogens (primary N) is 2. The molecule has 0 amide bonds. The van der Waals surface area contributed by atoms with Crippen molar-refractivity contribution in [2.75, 3.05) is 30.8 Å². The van der Waals surface area contributed by atoms with Crippen LogP contribution in [0.25, 0.3) is 11.3 Å². The molecular formula is C25H35N5O2. The first-order chi connectivity index (χ1) is 15.5. The molecule has 5 N–H and O–H groups in total. The van der Waals surface area contributed by atoms with Crippen molar-refractivity contribution in [1.82, 2.24) is 9.97 Å². The number of aliphatic hydroxyl groups excluding tert-OH is 1. The van der Waals surface area contributed by atoms with Gasteiger partial charge in [-0.1, -0.05) is 19.3 Å². The molecule has 0 radical (unpaired) electrons. The van der Waals surface area contributed by atoms with E-state index in [0.717, 1.165) is 73.2 Å². The Bertz CT molecular complexity index is 996. The third kappa shape index (κ3) is 3.52. The molecule has 1 aromatic heterocycles. The van der Waals surface area contributed by atoms with Gasteiger partial charge in [-0.15, -0.1) is 0 Å². The minimum absolute atomic E-state index is 0.0354. The van der Waals surface area contributed by atoms with E-state index in [9.17, 15) is 5.11 Å². The molecule has 3 aliphatic carbocycles. The molecular weight excluding hydrogens is 402 g/mol. The standard InChI is InChI=1S/C25H35N5O2/c1-30(13-14-31)22-18-15-24(9-5-6-10-24)20-21(28-16-29-23(20)26)17(18)7-8-19(22)32-25(27)11-3-2-4-12-25/h7-8,16,31H,2-6,9-15,27H2,1H3,(H2,26,28,29). The third-order valence-corrected chi connectivity index (χ3v) is 7.81. The average Bonchev–Trinajstić information content (AvgIpc) is 3.22. The van der Waals surface area contributed by atoms with Crippen LogP contribution in [0.2, 0.25) is 0 Å². The molecule has 2 saturated carbocycles. The Morgan fingerprint density at radius 3 is 2.50 bits per heavy atom. The van der Waals surface area contributed by atoms with Crippen LogP contribution in [0.15, 0.2) is 18.5 Å². The molecule has 0 saturated heterocycles. The Labute approximate surface area is 190 Å². The molecule has 2 aromatic rings. The van der Waals surface area contributed by atoms with Crippen LogP contribution >= 0.6 is 0 Å². The third-order valence-electron chi connectivity index (χ3n) is 7.81. The maximum absolute atomic E-state index is 9.72. The lowest BCUT2D eigenvalue weighted by atomic mass is 9.67. The Hall–Kier alpha value is -2.38. The zero-order valence-corrected chi connectivity index (χ0v) is 19.1. The molecule has 2 fully saturated rings. The van der Waals surface area contributed by atoms with Crippen LogP contribution in [0.4, 0.5) is 11.5 Å². The SMILES string of the molecule is CN(CCO)c1c(OC2(N)CCCCC2)ccc2c1CC1(CCCC1)c1c(N)ncnc1-2. The number of aromatic nitrogens is 2. The fourth-order valence-electron chi connectivity index (χ4n) is 6.28. The van der Waals surface area contributed by atoms with Crippen LogP contribution in [0.1, 0.15) is 68.9 Å². The van der Waals surface area contributed by atoms with Crippen LogP contribution in [0, 0.1) is 0 Å². The Kier molecular flexibility index (Phi) is 5.50. The first-order valence-electron chi connectivity index (χ1n) is 12.0. The van der Waals surface area contributed by atoms with E-state index in [1.54, 1.807) is 6.33 Å². The van der Waals surface area contributed by atoms with Gasteiger partial charge in [0, 0.05) is 43.0 Å². The molecule has 1 aromatic carbocycles. The summed E-state index contributed by atoms with van der Waals surface area (Å²) in [5, 5.41) is 9.72. The fourth-order valence-corrected chi connectivity index (χ4v) is 6.28. The summed E-state index contributed by atoms with van der Waals surface area (Å²) >= 11 is 0. The fraction of sp³-hybridized carbons (Fsp3) is 0.600. The van der Waals surface area contributed by atoms with E-state index < -0.39 is 5.72 Å². The van der Waals surface area contributed by atoms with Crippen molar-refractivity contribution >= 4 is 11.5 Å². The van der Waals surface area contributed by atoms with Crippen LogP contribution in [0.5, 0.6) is 5.75 Å². The predicted octanol–water partition coefficient (Wildman–Crippen LogP) is 3.52. The van der Waals surface area contributed by atoms with Gasteiger partial charge in [-0.3, -0.25) is 5.73 Å². The first kappa shape index (κ1) is 21.5. The van der Waals surface area contributed by atoms with Crippen LogP contribution in [-0.4, -0.2) is 41.0 Å². The van der Waals surface area contributed by atoms with E-state index in [1.807, 2.05) is 13.1 Å². The van der Waals surface area contributed by atoms with Gasteiger partial charge < -0.3 is 20.5 Å². The maximum Gasteiger partial charge on any atom is 0.158 e. The van der Waals surface area contributed by atoms with Gasteiger partial charge in [0.1, 0.15) is 17.9 Å². The summed E-state index contributed by atoms with van der Waals surface area (Å²) in [4.78, 5) is 11.2. The number of nitrogen functional groups attached to an aromatic ring is 1. The molecule has 7 nitrogen and oxygen atoms in total. The maximum atomic E-state index is 9.72. The quantitative estimate of drug-likeness (QED) is 0.614. The molecule has 172 valence electrons. The average molecular weight is 438 g/mol. The molecule has 1 spiro atoms. The zero-order chi connectivity index (χ0) is 22.3. The van der Waals surface area contributed by atoms with E-state index in [-0.39, 0.29) is 12.0 Å². The summed E-state index contributed by atoms with van der Waals surface area (Å²) in [6.45, 7) is 0.598. The van der Waals surface area contributed by atoms with Crippen LogP contribution < -0.4 is 21.1 Å². The van der Waals surface area contributed by atoms with Crippen molar-refractivity contribution in [3.05, 3.63) is 29.6 Å². The van der Waals surface area contributed by atoms with Gasteiger partial charge in [-0.25, -0.2) is 9.97 Å². The number of benzene rings is 1. The normalized spacial score (nSPS) is 20.6. The lowest BCUT2D eigenvalue weighted by Crippen LogP contribution is -2.47. The number of nitrogens with zero attached hydrogens (tertiary/aromatic N) is 3. The number of likely N-dealkylation sites (N-methyl/N-ethyl adjacent to an activating group) is 1. The van der Waals surface area contributed by atoms with Gasteiger partial charge in [-0.2, -0.15) is 0 Å². The molecule has 1 heterocycles. The van der Waals surface area contributed by atoms with Crippen molar-refractivity contribution in [1.29, 1.82) is 0 Å². The number of ether oxygens (including phenoxy) is 1. The second-order valence-corrected chi connectivity index (χ2v) is 9.96. The van der Waals surface area contributed by atoms with Crippen molar-refractivity contribution in [2.24, 2.45) is 5.73 Å². The highest BCUT2D eigenvalue weighted by Gasteiger charge is 2.45. The summed E-state index contributed by atoms with van der Waals surface area (Å²) in [6, 6.07) is 4.14. The van der Waals surface area contributed by atoms with Crippen LogP contribution in [-0.2, 0) is 11.8 Å². The van der Waals surface area contributed by atoms with E-state index in [4.69, 9.17) is 21.2 Å². The van der Waals surface area contributed by atoms with E-state index in [2.05, 4.69) is 16.0 Å². The summed E-state index contributed by atoms with van der Waals surface area (Å²) in [6.07, 6.45) is 12.1. The van der Waals surface area contributed by atoms with Gasteiger partial charge in [0.15, 0.2) is 5.72 Å². The number of rotatable bonds is 5. The number of fused-ring (bicyclic) bond motifs is 4. The summed E-state index contributed by atoms with van der Waals surface area (Å²) < 4.78 is 6.57. The van der Waals surface area contributed by atoms with E-state index in [0.29, 0.717) is 12.4 Å². The van der Waals surface area contributed by atoms with E-state index >= 15 is 0 Å². The second kappa shape index (κ2) is 8.19. The van der Waals surface area contributed by atoms with Gasteiger partial charge in [0.05, 0.1) is 18.0 Å². The van der Waals surface area contributed by atoms with Crippen molar-refractivity contribution in [3.8, 4) is 17.0 Å². The molecule has 0 atom stereocenters. The molecule has 0 unspecified atom stereocenters. The lowest BCUT2D eigenvalue weighted by molar-refractivity contribution is 0.0368. The van der Waals surface area contributed by atoms with Crippen molar-refractivity contribution in [2.45, 2.75) is 75.3 Å². The summed E-state index contributed by atoms with van der Waals surface area (Å²) in [7, 11) is 2.02. The van der Waals surface area contributed by atoms with Gasteiger partial charge in [0.25, 0.3) is 0 Å². The lowest BCUT2D eigenvalue weighted by Gasteiger charge is -2.40.